The summed E-state index contributed by atoms with van der Waals surface area (Å²) in [5, 5.41) is 22.3. The minimum atomic E-state index is -0.466. The Labute approximate surface area is 191 Å². The number of nitrogens with zero attached hydrogens (tertiary/aromatic N) is 4. The molecule has 1 saturated carbocycles. The summed E-state index contributed by atoms with van der Waals surface area (Å²) in [6.45, 7) is 2.23. The molecule has 9 nitrogen and oxygen atoms in total. The van der Waals surface area contributed by atoms with Gasteiger partial charge in [-0.15, -0.1) is 5.10 Å². The molecule has 1 aliphatic carbocycles. The summed E-state index contributed by atoms with van der Waals surface area (Å²) in [4.78, 5) is 23.7. The number of nitro benzene ring substituents is 1. The quantitative estimate of drug-likeness (QED) is 0.429. The number of methoxy groups -OCH3 is 1. The van der Waals surface area contributed by atoms with E-state index >= 15 is 0 Å². The molecule has 1 amide bonds. The number of hydrogen-bond acceptors (Lipinski definition) is 6. The molecular weight excluding hydrogens is 422 g/mol. The third kappa shape index (κ3) is 4.57. The number of amides is 1. The molecular formula is C24H27N5O4. The van der Waals surface area contributed by atoms with Crippen molar-refractivity contribution in [3.05, 3.63) is 75.6 Å². The number of aromatic nitrogens is 3. The van der Waals surface area contributed by atoms with Crippen molar-refractivity contribution in [3.63, 3.8) is 0 Å². The molecule has 0 spiro atoms. The van der Waals surface area contributed by atoms with E-state index in [1.54, 1.807) is 26.2 Å². The number of ether oxygens (including phenoxy) is 1. The van der Waals surface area contributed by atoms with E-state index in [9.17, 15) is 14.9 Å². The minimum absolute atomic E-state index is 0.0490. The topological polar surface area (TPSA) is 112 Å². The summed E-state index contributed by atoms with van der Waals surface area (Å²) in [6.07, 6.45) is 5.42. The molecule has 9 heteroatoms. The first kappa shape index (κ1) is 22.4. The summed E-state index contributed by atoms with van der Waals surface area (Å²) in [5.41, 5.74) is 2.23. The van der Waals surface area contributed by atoms with Gasteiger partial charge in [-0.3, -0.25) is 14.9 Å². The first-order valence-corrected chi connectivity index (χ1v) is 11.0. The van der Waals surface area contributed by atoms with Gasteiger partial charge in [0.2, 0.25) is 0 Å². The molecule has 1 aromatic heterocycles. The smallest absolute Gasteiger partial charge is 0.273 e. The monoisotopic (exact) mass is 449 g/mol. The van der Waals surface area contributed by atoms with Crippen LogP contribution in [0, 0.1) is 17.0 Å². The Morgan fingerprint density at radius 1 is 1.18 bits per heavy atom. The van der Waals surface area contributed by atoms with Crippen molar-refractivity contribution in [1.29, 1.82) is 0 Å². The van der Waals surface area contributed by atoms with Gasteiger partial charge in [0.25, 0.3) is 11.6 Å². The summed E-state index contributed by atoms with van der Waals surface area (Å²) >= 11 is 0. The molecule has 0 aliphatic heterocycles. The van der Waals surface area contributed by atoms with E-state index in [1.807, 2.05) is 12.1 Å². The van der Waals surface area contributed by atoms with Crippen molar-refractivity contribution in [2.45, 2.75) is 44.4 Å². The molecule has 1 fully saturated rings. The molecule has 3 aromatic rings. The molecule has 33 heavy (non-hydrogen) atoms. The zero-order chi connectivity index (χ0) is 23.4. The number of rotatable bonds is 7. The van der Waals surface area contributed by atoms with Crippen LogP contribution in [0.15, 0.2) is 48.5 Å². The molecule has 0 saturated heterocycles. The Hall–Kier alpha value is -3.75. The molecule has 0 radical (unpaired) electrons. The van der Waals surface area contributed by atoms with Crippen molar-refractivity contribution < 1.29 is 14.5 Å². The number of hydrogen-bond donors (Lipinski definition) is 1. The summed E-state index contributed by atoms with van der Waals surface area (Å²) < 4.78 is 6.74. The van der Waals surface area contributed by atoms with Crippen LogP contribution in [0.2, 0.25) is 0 Å². The lowest BCUT2D eigenvalue weighted by atomic mass is 9.69. The van der Waals surface area contributed by atoms with Crippen molar-refractivity contribution in [2.24, 2.45) is 0 Å². The zero-order valence-electron chi connectivity index (χ0n) is 18.8. The van der Waals surface area contributed by atoms with E-state index < -0.39 is 4.92 Å². The molecule has 1 heterocycles. The number of non-ortho nitro benzene ring substituents is 1. The number of nitro groups is 1. The van der Waals surface area contributed by atoms with E-state index in [2.05, 4.69) is 27.8 Å². The second-order valence-electron chi connectivity index (χ2n) is 8.46. The first-order valence-electron chi connectivity index (χ1n) is 11.0. The average Bonchev–Trinajstić information content (AvgIpc) is 3.24. The van der Waals surface area contributed by atoms with Crippen LogP contribution in [-0.2, 0) is 5.41 Å². The van der Waals surface area contributed by atoms with Crippen LogP contribution >= 0.6 is 0 Å². The van der Waals surface area contributed by atoms with E-state index in [0.29, 0.717) is 17.9 Å². The lowest BCUT2D eigenvalue weighted by Gasteiger charge is -2.38. The molecule has 0 atom stereocenters. The fraction of sp³-hybridized carbons (Fsp3) is 0.375. The Balaban J connectivity index is 1.54. The molecule has 0 bridgehead atoms. The van der Waals surface area contributed by atoms with Crippen LogP contribution in [0.3, 0.4) is 0 Å². The van der Waals surface area contributed by atoms with Gasteiger partial charge in [0.05, 0.1) is 23.4 Å². The van der Waals surface area contributed by atoms with E-state index in [0.717, 1.165) is 31.4 Å². The maximum absolute atomic E-state index is 13.0. The largest absolute Gasteiger partial charge is 0.497 e. The summed E-state index contributed by atoms with van der Waals surface area (Å²) in [6, 6.07) is 14.2. The second kappa shape index (κ2) is 9.40. The Morgan fingerprint density at radius 2 is 1.91 bits per heavy atom. The van der Waals surface area contributed by atoms with E-state index in [-0.39, 0.29) is 22.7 Å². The van der Waals surface area contributed by atoms with Crippen LogP contribution < -0.4 is 10.1 Å². The third-order valence-corrected chi connectivity index (χ3v) is 6.50. The van der Waals surface area contributed by atoms with Gasteiger partial charge in [-0.1, -0.05) is 42.7 Å². The average molecular weight is 450 g/mol. The molecule has 2 aromatic carbocycles. The normalized spacial score (nSPS) is 15.1. The first-order chi connectivity index (χ1) is 15.9. The van der Waals surface area contributed by atoms with Crippen molar-refractivity contribution in [3.8, 4) is 11.4 Å². The van der Waals surface area contributed by atoms with Gasteiger partial charge < -0.3 is 10.1 Å². The Morgan fingerprint density at radius 3 is 2.58 bits per heavy atom. The van der Waals surface area contributed by atoms with Gasteiger partial charge in [0.15, 0.2) is 5.69 Å². The number of benzene rings is 2. The molecule has 1 aliphatic rings. The lowest BCUT2D eigenvalue weighted by molar-refractivity contribution is -0.384. The fourth-order valence-corrected chi connectivity index (χ4v) is 4.60. The standard InChI is InChI=1S/C24H27N5O4/c1-17-22(26-27-28(17)19-7-6-8-20(15-19)29(31)32)23(30)25-16-24(13-4-3-5-14-24)18-9-11-21(33-2)12-10-18/h6-12,15H,3-5,13-14,16H2,1-2H3,(H,25,30). The summed E-state index contributed by atoms with van der Waals surface area (Å²) in [5.74, 6) is 0.504. The number of carbonyl (C=O) groups is 1. The highest BCUT2D eigenvalue weighted by molar-refractivity contribution is 5.93. The van der Waals surface area contributed by atoms with Gasteiger partial charge in [0, 0.05) is 24.1 Å². The predicted octanol–water partition coefficient (Wildman–Crippen LogP) is 4.12. The van der Waals surface area contributed by atoms with Crippen molar-refractivity contribution >= 4 is 11.6 Å². The lowest BCUT2D eigenvalue weighted by Crippen LogP contribution is -2.42. The van der Waals surface area contributed by atoms with Crippen LogP contribution in [-0.4, -0.2) is 39.5 Å². The van der Waals surface area contributed by atoms with Crippen LogP contribution in [0.5, 0.6) is 5.75 Å². The fourth-order valence-electron chi connectivity index (χ4n) is 4.60. The van der Waals surface area contributed by atoms with Gasteiger partial charge in [-0.2, -0.15) is 0 Å². The number of nitrogens with one attached hydrogen (secondary N) is 1. The maximum atomic E-state index is 13.0. The third-order valence-electron chi connectivity index (χ3n) is 6.50. The molecule has 4 rings (SSSR count). The van der Waals surface area contributed by atoms with Crippen molar-refractivity contribution in [2.75, 3.05) is 13.7 Å². The predicted molar refractivity (Wildman–Crippen MR) is 123 cm³/mol. The highest BCUT2D eigenvalue weighted by atomic mass is 16.6. The second-order valence-corrected chi connectivity index (χ2v) is 8.46. The Bertz CT molecular complexity index is 1150. The van der Waals surface area contributed by atoms with E-state index in [4.69, 9.17) is 4.74 Å². The highest BCUT2D eigenvalue weighted by Crippen LogP contribution is 2.39. The number of carbonyl (C=O) groups excluding carboxylic acids is 1. The Kier molecular flexibility index (Phi) is 6.39. The van der Waals surface area contributed by atoms with Gasteiger partial charge >= 0.3 is 0 Å². The molecule has 0 unspecified atom stereocenters. The molecule has 1 N–H and O–H groups in total. The summed E-state index contributed by atoms with van der Waals surface area (Å²) in [7, 11) is 1.65. The van der Waals surface area contributed by atoms with Crippen molar-refractivity contribution in [1.82, 2.24) is 20.3 Å². The zero-order valence-corrected chi connectivity index (χ0v) is 18.8. The van der Waals surface area contributed by atoms with Gasteiger partial charge in [-0.05, 0) is 43.5 Å². The minimum Gasteiger partial charge on any atom is -0.497 e. The van der Waals surface area contributed by atoms with E-state index in [1.165, 1.54) is 28.8 Å². The van der Waals surface area contributed by atoms with Crippen LogP contribution in [0.25, 0.3) is 5.69 Å². The van der Waals surface area contributed by atoms with Gasteiger partial charge in [-0.25, -0.2) is 4.68 Å². The SMILES string of the molecule is COc1ccc(C2(CNC(=O)c3nnn(-c4cccc([N+](=O)[O-])c4)c3C)CCCCC2)cc1. The highest BCUT2D eigenvalue weighted by Gasteiger charge is 2.35. The molecule has 172 valence electrons. The van der Waals surface area contributed by atoms with Crippen LogP contribution in [0.1, 0.15) is 53.8 Å². The maximum Gasteiger partial charge on any atom is 0.273 e. The van der Waals surface area contributed by atoms with Crippen LogP contribution in [0.4, 0.5) is 5.69 Å². The van der Waals surface area contributed by atoms with Gasteiger partial charge in [0.1, 0.15) is 5.75 Å².